The number of hydrogen-bond acceptors (Lipinski definition) is 4. The standard InChI is InChI=1S/C18H28N2O3/c1-4-9-18(13-21)10-11-20(12-16(18)22)17(23)14-5-7-15(8-6-14)19(2)3/h5-8,16,21-22H,4,9-13H2,1-3H3/t16-,18+/m0/s1. The van der Waals surface area contributed by atoms with Crippen molar-refractivity contribution >= 4 is 11.6 Å². The average Bonchev–Trinajstić information content (AvgIpc) is 2.56. The third kappa shape index (κ3) is 3.67. The molecule has 0 radical (unpaired) electrons. The van der Waals surface area contributed by atoms with E-state index in [-0.39, 0.29) is 19.1 Å². The van der Waals surface area contributed by atoms with Crippen molar-refractivity contribution in [3.05, 3.63) is 29.8 Å². The zero-order valence-electron chi connectivity index (χ0n) is 14.3. The minimum absolute atomic E-state index is 0.0262. The van der Waals surface area contributed by atoms with Crippen molar-refractivity contribution in [2.75, 3.05) is 38.7 Å². The van der Waals surface area contributed by atoms with E-state index in [0.29, 0.717) is 18.5 Å². The zero-order chi connectivity index (χ0) is 17.0. The van der Waals surface area contributed by atoms with Crippen molar-refractivity contribution in [1.29, 1.82) is 0 Å². The number of amides is 1. The van der Waals surface area contributed by atoms with E-state index in [2.05, 4.69) is 0 Å². The van der Waals surface area contributed by atoms with Gasteiger partial charge in [0.05, 0.1) is 12.7 Å². The molecule has 0 aromatic heterocycles. The number of nitrogens with zero attached hydrogens (tertiary/aromatic N) is 2. The van der Waals surface area contributed by atoms with Crippen LogP contribution in [-0.2, 0) is 0 Å². The molecule has 1 aliphatic heterocycles. The Morgan fingerprint density at radius 1 is 1.35 bits per heavy atom. The molecule has 0 aliphatic carbocycles. The fourth-order valence-corrected chi connectivity index (χ4v) is 3.34. The van der Waals surface area contributed by atoms with Crippen molar-refractivity contribution in [1.82, 2.24) is 4.90 Å². The number of anilines is 1. The van der Waals surface area contributed by atoms with Crippen LogP contribution in [0.4, 0.5) is 5.69 Å². The molecule has 0 unspecified atom stereocenters. The topological polar surface area (TPSA) is 64.0 Å². The maximum atomic E-state index is 12.6. The Morgan fingerprint density at radius 3 is 2.48 bits per heavy atom. The van der Waals surface area contributed by atoms with E-state index < -0.39 is 11.5 Å². The van der Waals surface area contributed by atoms with Crippen LogP contribution < -0.4 is 4.90 Å². The van der Waals surface area contributed by atoms with Gasteiger partial charge in [-0.25, -0.2) is 0 Å². The van der Waals surface area contributed by atoms with Gasteiger partial charge >= 0.3 is 0 Å². The van der Waals surface area contributed by atoms with E-state index in [9.17, 15) is 15.0 Å². The SMILES string of the molecule is CCC[C@]1(CO)CCN(C(=O)c2ccc(N(C)C)cc2)C[C@@H]1O. The molecular formula is C18H28N2O3. The first-order valence-corrected chi connectivity index (χ1v) is 8.29. The van der Waals surface area contributed by atoms with Gasteiger partial charge in [-0.1, -0.05) is 13.3 Å². The van der Waals surface area contributed by atoms with E-state index in [1.165, 1.54) is 0 Å². The van der Waals surface area contributed by atoms with Crippen LogP contribution in [0.5, 0.6) is 0 Å². The molecule has 1 aliphatic rings. The van der Waals surface area contributed by atoms with Gasteiger partial charge in [0.2, 0.25) is 0 Å². The summed E-state index contributed by atoms with van der Waals surface area (Å²) in [6.45, 7) is 2.89. The third-order valence-corrected chi connectivity index (χ3v) is 4.96. The first-order chi connectivity index (χ1) is 10.9. The average molecular weight is 320 g/mol. The van der Waals surface area contributed by atoms with Crippen LogP contribution in [0.3, 0.4) is 0 Å². The zero-order valence-corrected chi connectivity index (χ0v) is 14.3. The second kappa shape index (κ2) is 7.32. The lowest BCUT2D eigenvalue weighted by Gasteiger charge is -2.44. The summed E-state index contributed by atoms with van der Waals surface area (Å²) in [7, 11) is 3.92. The van der Waals surface area contributed by atoms with Crippen molar-refractivity contribution < 1.29 is 15.0 Å². The molecule has 1 saturated heterocycles. The number of carbonyl (C=O) groups excluding carboxylic acids is 1. The maximum Gasteiger partial charge on any atom is 0.253 e. The number of β-amino-alcohol motifs (C(OH)–C–C–N with tert-alkyl or cyclic N) is 1. The number of benzene rings is 1. The number of aliphatic hydroxyl groups excluding tert-OH is 2. The van der Waals surface area contributed by atoms with E-state index in [4.69, 9.17) is 0 Å². The Kier molecular flexibility index (Phi) is 5.65. The molecule has 2 rings (SSSR count). The Balaban J connectivity index is 2.07. The number of likely N-dealkylation sites (tertiary alicyclic amines) is 1. The van der Waals surface area contributed by atoms with Gasteiger partial charge in [-0.15, -0.1) is 0 Å². The normalized spacial score (nSPS) is 24.6. The van der Waals surface area contributed by atoms with Crippen LogP contribution in [0.1, 0.15) is 36.5 Å². The molecule has 0 spiro atoms. The van der Waals surface area contributed by atoms with E-state index in [0.717, 1.165) is 18.5 Å². The molecule has 1 aromatic carbocycles. The fraction of sp³-hybridized carbons (Fsp3) is 0.611. The second-order valence-electron chi connectivity index (χ2n) is 6.73. The summed E-state index contributed by atoms with van der Waals surface area (Å²) in [6, 6.07) is 7.49. The van der Waals surface area contributed by atoms with Gasteiger partial charge < -0.3 is 20.0 Å². The molecule has 5 nitrogen and oxygen atoms in total. The molecule has 0 bridgehead atoms. The monoisotopic (exact) mass is 320 g/mol. The van der Waals surface area contributed by atoms with E-state index in [1.54, 1.807) is 4.90 Å². The Morgan fingerprint density at radius 2 is 2.00 bits per heavy atom. The minimum Gasteiger partial charge on any atom is -0.396 e. The predicted molar refractivity (Wildman–Crippen MR) is 91.7 cm³/mol. The number of aliphatic hydroxyl groups is 2. The summed E-state index contributed by atoms with van der Waals surface area (Å²) < 4.78 is 0. The van der Waals surface area contributed by atoms with Crippen LogP contribution >= 0.6 is 0 Å². The molecule has 2 N–H and O–H groups in total. The lowest BCUT2D eigenvalue weighted by Crippen LogP contribution is -2.54. The highest BCUT2D eigenvalue weighted by molar-refractivity contribution is 5.94. The summed E-state index contributed by atoms with van der Waals surface area (Å²) in [5.74, 6) is -0.0580. The van der Waals surface area contributed by atoms with Crippen LogP contribution in [-0.4, -0.2) is 60.9 Å². The second-order valence-corrected chi connectivity index (χ2v) is 6.73. The van der Waals surface area contributed by atoms with Crippen molar-refractivity contribution in [2.45, 2.75) is 32.3 Å². The Hall–Kier alpha value is -1.59. The Bertz CT molecular complexity index is 530. The summed E-state index contributed by atoms with van der Waals surface area (Å²) in [5, 5.41) is 20.2. The number of piperidine rings is 1. The number of rotatable bonds is 5. The maximum absolute atomic E-state index is 12.6. The molecule has 23 heavy (non-hydrogen) atoms. The van der Waals surface area contributed by atoms with Gasteiger partial charge in [-0.2, -0.15) is 0 Å². The highest BCUT2D eigenvalue weighted by Gasteiger charge is 2.42. The van der Waals surface area contributed by atoms with Gasteiger partial charge in [0.15, 0.2) is 0 Å². The Labute approximate surface area is 138 Å². The highest BCUT2D eigenvalue weighted by Crippen LogP contribution is 2.36. The van der Waals surface area contributed by atoms with Crippen molar-refractivity contribution in [3.63, 3.8) is 0 Å². The number of carbonyl (C=O) groups is 1. The van der Waals surface area contributed by atoms with Gasteiger partial charge in [-0.3, -0.25) is 4.79 Å². The van der Waals surface area contributed by atoms with Gasteiger partial charge in [0.25, 0.3) is 5.91 Å². The molecule has 1 aromatic rings. The summed E-state index contributed by atoms with van der Waals surface area (Å²) in [4.78, 5) is 16.3. The lowest BCUT2D eigenvalue weighted by molar-refractivity contribution is -0.0713. The van der Waals surface area contributed by atoms with Crippen molar-refractivity contribution in [2.24, 2.45) is 5.41 Å². The molecule has 0 saturated carbocycles. The van der Waals surface area contributed by atoms with Gasteiger partial charge in [0, 0.05) is 43.9 Å². The van der Waals surface area contributed by atoms with E-state index >= 15 is 0 Å². The van der Waals surface area contributed by atoms with E-state index in [1.807, 2.05) is 50.2 Å². The van der Waals surface area contributed by atoms with Crippen LogP contribution in [0.2, 0.25) is 0 Å². The molecule has 2 atom stereocenters. The first-order valence-electron chi connectivity index (χ1n) is 8.29. The highest BCUT2D eigenvalue weighted by atomic mass is 16.3. The van der Waals surface area contributed by atoms with Crippen LogP contribution in [0.15, 0.2) is 24.3 Å². The van der Waals surface area contributed by atoms with Crippen LogP contribution in [0.25, 0.3) is 0 Å². The molecule has 1 fully saturated rings. The minimum atomic E-state index is -0.675. The first kappa shape index (κ1) is 17.8. The molecule has 5 heteroatoms. The van der Waals surface area contributed by atoms with Gasteiger partial charge in [0.1, 0.15) is 0 Å². The summed E-state index contributed by atoms with van der Waals surface area (Å²) in [6.07, 6.45) is 1.66. The van der Waals surface area contributed by atoms with Crippen LogP contribution in [0, 0.1) is 5.41 Å². The smallest absolute Gasteiger partial charge is 0.253 e. The molecule has 1 heterocycles. The summed E-state index contributed by atoms with van der Waals surface area (Å²) in [5.41, 5.74) is 1.22. The largest absolute Gasteiger partial charge is 0.396 e. The fourth-order valence-electron chi connectivity index (χ4n) is 3.34. The quantitative estimate of drug-likeness (QED) is 0.867. The third-order valence-electron chi connectivity index (χ3n) is 4.96. The van der Waals surface area contributed by atoms with Gasteiger partial charge in [-0.05, 0) is 37.1 Å². The molecular weight excluding hydrogens is 292 g/mol. The van der Waals surface area contributed by atoms with Crippen molar-refractivity contribution in [3.8, 4) is 0 Å². The molecule has 128 valence electrons. The predicted octanol–water partition coefficient (Wildman–Crippen LogP) is 1.74. The molecule has 1 amide bonds. The number of hydrogen-bond donors (Lipinski definition) is 2. The summed E-state index contributed by atoms with van der Waals surface area (Å²) >= 11 is 0. The lowest BCUT2D eigenvalue weighted by atomic mass is 9.73.